The van der Waals surface area contributed by atoms with Crippen LogP contribution in [0, 0.1) is 0 Å². The molecule has 0 aliphatic rings. The van der Waals surface area contributed by atoms with E-state index in [2.05, 4.69) is 6.92 Å². The topological polar surface area (TPSA) is 55.8 Å². The number of hydrogen-bond donors (Lipinski definition) is 1. The van der Waals surface area contributed by atoms with Gasteiger partial charge in [0.05, 0.1) is 19.3 Å². The molecule has 100 valence electrons. The third-order valence-corrected chi connectivity index (χ3v) is 2.98. The third-order valence-electron chi connectivity index (χ3n) is 2.98. The average molecular weight is 252 g/mol. The van der Waals surface area contributed by atoms with Gasteiger partial charge in [-0.1, -0.05) is 13.0 Å². The van der Waals surface area contributed by atoms with Crippen LogP contribution in [0.4, 0.5) is 0 Å². The summed E-state index contributed by atoms with van der Waals surface area (Å²) in [6.07, 6.45) is 0.914. The van der Waals surface area contributed by atoms with Gasteiger partial charge in [-0.15, -0.1) is 0 Å². The van der Waals surface area contributed by atoms with E-state index in [9.17, 15) is 4.79 Å². The molecule has 0 atom stereocenters. The van der Waals surface area contributed by atoms with E-state index in [1.165, 1.54) is 7.11 Å². The zero-order chi connectivity index (χ0) is 13.8. The molecule has 0 unspecified atom stereocenters. The summed E-state index contributed by atoms with van der Waals surface area (Å²) in [5.74, 6) is -0.633. The van der Waals surface area contributed by atoms with Crippen molar-refractivity contribution in [2.45, 2.75) is 39.4 Å². The minimum absolute atomic E-state index is 0.163. The highest BCUT2D eigenvalue weighted by Gasteiger charge is 2.16. The molecule has 0 saturated carbocycles. The van der Waals surface area contributed by atoms with Crippen molar-refractivity contribution < 1.29 is 19.4 Å². The molecule has 18 heavy (non-hydrogen) atoms. The third kappa shape index (κ3) is 3.74. The quantitative estimate of drug-likeness (QED) is 0.845. The molecule has 0 amide bonds. The van der Waals surface area contributed by atoms with Crippen LogP contribution in [0.3, 0.4) is 0 Å². The lowest BCUT2D eigenvalue weighted by atomic mass is 10.1. The lowest BCUT2D eigenvalue weighted by molar-refractivity contribution is -0.0316. The summed E-state index contributed by atoms with van der Waals surface area (Å²) in [5, 5.41) is 8.97. The van der Waals surface area contributed by atoms with Gasteiger partial charge in [0.2, 0.25) is 0 Å². The maximum atomic E-state index is 10.9. The molecule has 0 radical (unpaired) electrons. The molecule has 1 N–H and O–H groups in total. The molecule has 1 aromatic rings. The molecule has 0 aliphatic heterocycles. The van der Waals surface area contributed by atoms with Crippen LogP contribution in [0.1, 0.15) is 43.1 Å². The van der Waals surface area contributed by atoms with Gasteiger partial charge in [-0.2, -0.15) is 0 Å². The number of methoxy groups -OCH3 is 1. The van der Waals surface area contributed by atoms with Crippen LogP contribution < -0.4 is 4.74 Å². The predicted molar refractivity (Wildman–Crippen MR) is 69.1 cm³/mol. The van der Waals surface area contributed by atoms with Gasteiger partial charge in [0, 0.05) is 0 Å². The van der Waals surface area contributed by atoms with Crippen LogP contribution in [0.5, 0.6) is 5.75 Å². The highest BCUT2D eigenvalue weighted by atomic mass is 16.5. The van der Waals surface area contributed by atoms with E-state index >= 15 is 0 Å². The Morgan fingerprint density at radius 1 is 1.39 bits per heavy atom. The minimum atomic E-state index is -0.992. The SMILES string of the molecule is CCC(C)(C)OCc1ccc(C(=O)O)c(OC)c1. The molecule has 1 rings (SSSR count). The van der Waals surface area contributed by atoms with Crippen molar-refractivity contribution in [3.8, 4) is 5.75 Å². The highest BCUT2D eigenvalue weighted by molar-refractivity contribution is 5.90. The largest absolute Gasteiger partial charge is 0.496 e. The van der Waals surface area contributed by atoms with Crippen LogP contribution in [-0.4, -0.2) is 23.8 Å². The van der Waals surface area contributed by atoms with E-state index in [4.69, 9.17) is 14.6 Å². The van der Waals surface area contributed by atoms with Crippen molar-refractivity contribution in [2.24, 2.45) is 0 Å². The maximum Gasteiger partial charge on any atom is 0.339 e. The average Bonchev–Trinajstić information content (AvgIpc) is 2.36. The van der Waals surface area contributed by atoms with E-state index < -0.39 is 5.97 Å². The van der Waals surface area contributed by atoms with Crippen LogP contribution in [0.2, 0.25) is 0 Å². The normalized spacial score (nSPS) is 11.3. The Morgan fingerprint density at radius 2 is 2.06 bits per heavy atom. The van der Waals surface area contributed by atoms with Gasteiger partial charge in [-0.25, -0.2) is 4.79 Å². The second-order valence-electron chi connectivity index (χ2n) is 4.74. The number of rotatable bonds is 6. The summed E-state index contributed by atoms with van der Waals surface area (Å²) in [4.78, 5) is 10.9. The van der Waals surface area contributed by atoms with Gasteiger partial charge in [0.15, 0.2) is 0 Å². The predicted octanol–water partition coefficient (Wildman–Crippen LogP) is 3.10. The Hall–Kier alpha value is -1.55. The Morgan fingerprint density at radius 3 is 2.56 bits per heavy atom. The highest BCUT2D eigenvalue weighted by Crippen LogP contribution is 2.22. The molecule has 0 fully saturated rings. The van der Waals surface area contributed by atoms with Crippen LogP contribution in [0.15, 0.2) is 18.2 Å². The monoisotopic (exact) mass is 252 g/mol. The smallest absolute Gasteiger partial charge is 0.339 e. The summed E-state index contributed by atoms with van der Waals surface area (Å²) >= 11 is 0. The molecule has 0 saturated heterocycles. The molecular formula is C14H20O4. The molecule has 0 heterocycles. The number of carboxylic acid groups (broad SMARTS) is 1. The molecule has 0 spiro atoms. The summed E-state index contributed by atoms with van der Waals surface area (Å²) < 4.78 is 10.8. The lowest BCUT2D eigenvalue weighted by Gasteiger charge is -2.23. The van der Waals surface area contributed by atoms with Crippen LogP contribution >= 0.6 is 0 Å². The second-order valence-corrected chi connectivity index (χ2v) is 4.74. The van der Waals surface area contributed by atoms with Gasteiger partial charge in [-0.05, 0) is 38.0 Å². The second kappa shape index (κ2) is 5.87. The zero-order valence-corrected chi connectivity index (χ0v) is 11.3. The molecule has 0 bridgehead atoms. The summed E-state index contributed by atoms with van der Waals surface area (Å²) in [7, 11) is 1.46. The first-order chi connectivity index (χ1) is 8.39. The van der Waals surface area contributed by atoms with Crippen molar-refractivity contribution in [3.63, 3.8) is 0 Å². The van der Waals surface area contributed by atoms with E-state index in [0.29, 0.717) is 12.4 Å². The number of aromatic carboxylic acids is 1. The first-order valence-corrected chi connectivity index (χ1v) is 5.94. The molecule has 1 aromatic carbocycles. The number of carboxylic acids is 1. The number of benzene rings is 1. The van der Waals surface area contributed by atoms with Gasteiger partial charge in [-0.3, -0.25) is 0 Å². The zero-order valence-electron chi connectivity index (χ0n) is 11.3. The van der Waals surface area contributed by atoms with Crippen molar-refractivity contribution in [1.29, 1.82) is 0 Å². The first-order valence-electron chi connectivity index (χ1n) is 5.94. The molecule has 4 nitrogen and oxygen atoms in total. The van der Waals surface area contributed by atoms with E-state index in [-0.39, 0.29) is 11.2 Å². The summed E-state index contributed by atoms with van der Waals surface area (Å²) in [6.45, 7) is 6.55. The fourth-order valence-corrected chi connectivity index (χ4v) is 1.38. The first kappa shape index (κ1) is 14.5. The molecule has 0 aliphatic carbocycles. The Kier molecular flexibility index (Phi) is 4.73. The number of carbonyl (C=O) groups is 1. The summed E-state index contributed by atoms with van der Waals surface area (Å²) in [6, 6.07) is 4.99. The minimum Gasteiger partial charge on any atom is -0.496 e. The van der Waals surface area contributed by atoms with Gasteiger partial charge < -0.3 is 14.6 Å². The van der Waals surface area contributed by atoms with Crippen LogP contribution in [0.25, 0.3) is 0 Å². The van der Waals surface area contributed by atoms with E-state index in [0.717, 1.165) is 12.0 Å². The molecular weight excluding hydrogens is 232 g/mol. The molecule has 4 heteroatoms. The van der Waals surface area contributed by atoms with Crippen molar-refractivity contribution >= 4 is 5.97 Å². The Labute approximate surface area is 108 Å². The number of ether oxygens (including phenoxy) is 2. The fraction of sp³-hybridized carbons (Fsp3) is 0.500. The van der Waals surface area contributed by atoms with Gasteiger partial charge >= 0.3 is 5.97 Å². The van der Waals surface area contributed by atoms with Crippen molar-refractivity contribution in [3.05, 3.63) is 29.3 Å². The fourth-order valence-electron chi connectivity index (χ4n) is 1.38. The maximum absolute atomic E-state index is 10.9. The number of hydrogen-bond acceptors (Lipinski definition) is 3. The van der Waals surface area contributed by atoms with E-state index in [1.807, 2.05) is 13.8 Å². The lowest BCUT2D eigenvalue weighted by Crippen LogP contribution is -2.22. The van der Waals surface area contributed by atoms with Gasteiger partial charge in [0.1, 0.15) is 11.3 Å². The Bertz CT molecular complexity index is 424. The molecule has 0 aromatic heterocycles. The van der Waals surface area contributed by atoms with Gasteiger partial charge in [0.25, 0.3) is 0 Å². The van der Waals surface area contributed by atoms with Crippen LogP contribution in [-0.2, 0) is 11.3 Å². The van der Waals surface area contributed by atoms with E-state index in [1.54, 1.807) is 18.2 Å². The Balaban J connectivity index is 2.83. The van der Waals surface area contributed by atoms with Crippen molar-refractivity contribution in [1.82, 2.24) is 0 Å². The van der Waals surface area contributed by atoms with Crippen molar-refractivity contribution in [2.75, 3.05) is 7.11 Å². The standard InChI is InChI=1S/C14H20O4/c1-5-14(2,3)18-9-10-6-7-11(13(15)16)12(8-10)17-4/h6-8H,5,9H2,1-4H3,(H,15,16). The summed E-state index contributed by atoms with van der Waals surface area (Å²) in [5.41, 5.74) is 0.882.